The molecule has 364 valence electrons. The van der Waals surface area contributed by atoms with E-state index in [-0.39, 0.29) is 75.3 Å². The number of carboxylic acids is 2. The van der Waals surface area contributed by atoms with Crippen molar-refractivity contribution in [3.8, 4) is 0 Å². The maximum atomic E-state index is 11.9. The molecule has 2 rings (SSSR count). The SMILES string of the molecule is CCCCCCCCCCCCCCCCC(OC(=O)COCc1ccccc1)C(=O)[O-].CCCCCCCCCCCCCCCCC(OC(=O)COCc1ccccc1)C(=O)[O-].[Ba+2]. The predicted molar refractivity (Wildman–Crippen MR) is 258 cm³/mol. The fourth-order valence-corrected chi connectivity index (χ4v) is 7.54. The van der Waals surface area contributed by atoms with Crippen LogP contribution < -0.4 is 10.2 Å². The number of unbranched alkanes of at least 4 members (excludes halogenated alkanes) is 26. The molecule has 0 fully saturated rings. The number of carboxylic acid groups (broad SMARTS) is 2. The molecule has 0 amide bonds. The summed E-state index contributed by atoms with van der Waals surface area (Å²) >= 11 is 0. The van der Waals surface area contributed by atoms with Gasteiger partial charge < -0.3 is 38.7 Å². The number of carbonyl (C=O) groups is 4. The van der Waals surface area contributed by atoms with E-state index in [2.05, 4.69) is 13.8 Å². The smallest absolute Gasteiger partial charge is 0.546 e. The summed E-state index contributed by atoms with van der Waals surface area (Å²) in [4.78, 5) is 46.2. The van der Waals surface area contributed by atoms with E-state index >= 15 is 0 Å². The number of ether oxygens (including phenoxy) is 4. The van der Waals surface area contributed by atoms with Gasteiger partial charge >= 0.3 is 60.8 Å². The number of hydrogen-bond acceptors (Lipinski definition) is 10. The topological polar surface area (TPSA) is 151 Å². The number of carbonyl (C=O) groups excluding carboxylic acids is 4. The van der Waals surface area contributed by atoms with Gasteiger partial charge in [-0.1, -0.05) is 241 Å². The first-order chi connectivity index (χ1) is 31.3. The minimum absolute atomic E-state index is 0. The summed E-state index contributed by atoms with van der Waals surface area (Å²) in [6.45, 7) is 4.53. The third kappa shape index (κ3) is 40.6. The van der Waals surface area contributed by atoms with E-state index in [4.69, 9.17) is 18.9 Å². The minimum atomic E-state index is -1.34. The summed E-state index contributed by atoms with van der Waals surface area (Å²) in [6.07, 6.45) is 32.9. The van der Waals surface area contributed by atoms with E-state index in [1.54, 1.807) is 0 Å². The Morgan fingerprint density at radius 3 is 0.892 bits per heavy atom. The predicted octanol–water partition coefficient (Wildman–Crippen LogP) is 11.1. The second-order valence-electron chi connectivity index (χ2n) is 17.3. The molecular weight excluding hydrogens is 946 g/mol. The van der Waals surface area contributed by atoms with E-state index in [0.29, 0.717) is 25.7 Å². The first-order valence-corrected chi connectivity index (χ1v) is 25.3. The Bertz CT molecular complexity index is 1290. The van der Waals surface area contributed by atoms with Crippen LogP contribution in [0.5, 0.6) is 0 Å². The number of aliphatic carboxylic acids is 2. The van der Waals surface area contributed by atoms with Gasteiger partial charge in [-0.05, 0) is 36.8 Å². The zero-order chi connectivity index (χ0) is 46.6. The van der Waals surface area contributed by atoms with Crippen molar-refractivity contribution in [1.29, 1.82) is 0 Å². The molecule has 2 unspecified atom stereocenters. The van der Waals surface area contributed by atoms with Crippen molar-refractivity contribution in [3.63, 3.8) is 0 Å². The Morgan fingerprint density at radius 1 is 0.400 bits per heavy atom. The molecular formula is C54H86BaO10. The van der Waals surface area contributed by atoms with Crippen LogP contribution in [-0.4, -0.2) is 98.2 Å². The molecule has 0 aromatic heterocycles. The standard InChI is InChI=1S/2C27H44O5.Ba/c2*1-2-3-4-5-6-7-8-9-10-11-12-13-14-18-21-25(27(29)30)32-26(28)23-31-22-24-19-16-15-17-20-24;/h2*15-17,19-20,25H,2-14,18,21-23H2,1H3,(H,29,30);/q;;+2/p-2. The van der Waals surface area contributed by atoms with Gasteiger partial charge in [-0.3, -0.25) is 0 Å². The average Bonchev–Trinajstić information content (AvgIpc) is 3.29. The Labute approximate surface area is 434 Å². The molecule has 0 bridgehead atoms. The molecule has 0 saturated carbocycles. The van der Waals surface area contributed by atoms with Gasteiger partial charge in [0.25, 0.3) is 0 Å². The largest absolute Gasteiger partial charge is 2.00 e. The van der Waals surface area contributed by atoms with E-state index in [9.17, 15) is 29.4 Å². The van der Waals surface area contributed by atoms with Gasteiger partial charge in [0, 0.05) is 0 Å². The zero-order valence-corrected chi connectivity index (χ0v) is 45.2. The number of benzene rings is 2. The first-order valence-electron chi connectivity index (χ1n) is 25.3. The van der Waals surface area contributed by atoms with Crippen molar-refractivity contribution < 1.29 is 48.3 Å². The zero-order valence-electron chi connectivity index (χ0n) is 40.8. The Hall–Kier alpha value is -2.19. The number of rotatable bonds is 42. The van der Waals surface area contributed by atoms with Gasteiger partial charge in [0.15, 0.2) is 0 Å². The summed E-state index contributed by atoms with van der Waals surface area (Å²) in [5, 5.41) is 22.5. The first kappa shape index (κ1) is 62.8. The van der Waals surface area contributed by atoms with Crippen molar-refractivity contribution in [2.24, 2.45) is 0 Å². The van der Waals surface area contributed by atoms with Crippen LogP contribution >= 0.6 is 0 Å². The Morgan fingerprint density at radius 2 is 0.646 bits per heavy atom. The Balaban J connectivity index is 0.00000124. The van der Waals surface area contributed by atoms with Gasteiger partial charge in [-0.15, -0.1) is 0 Å². The van der Waals surface area contributed by atoms with Crippen LogP contribution in [-0.2, 0) is 51.3 Å². The fourth-order valence-electron chi connectivity index (χ4n) is 7.54. The molecule has 0 radical (unpaired) electrons. The summed E-state index contributed by atoms with van der Waals surface area (Å²) < 4.78 is 20.7. The van der Waals surface area contributed by atoms with Crippen LogP contribution in [0.4, 0.5) is 0 Å². The quantitative estimate of drug-likeness (QED) is 0.0357. The second kappa shape index (κ2) is 46.9. The maximum Gasteiger partial charge on any atom is 2.00 e. The van der Waals surface area contributed by atoms with Crippen molar-refractivity contribution in [3.05, 3.63) is 71.8 Å². The molecule has 11 heteroatoms. The van der Waals surface area contributed by atoms with Gasteiger partial charge in [0.1, 0.15) is 25.4 Å². The maximum absolute atomic E-state index is 11.9. The molecule has 0 aliphatic heterocycles. The second-order valence-corrected chi connectivity index (χ2v) is 17.3. The third-order valence-corrected chi connectivity index (χ3v) is 11.4. The Kier molecular flexibility index (Phi) is 45.3. The molecule has 2 atom stereocenters. The van der Waals surface area contributed by atoms with Crippen molar-refractivity contribution in [2.45, 2.75) is 232 Å². The van der Waals surface area contributed by atoms with Crippen molar-refractivity contribution in [1.82, 2.24) is 0 Å². The van der Waals surface area contributed by atoms with Crippen molar-refractivity contribution in [2.75, 3.05) is 13.2 Å². The molecule has 0 aliphatic carbocycles. The monoisotopic (exact) mass is 1030 g/mol. The van der Waals surface area contributed by atoms with E-state index < -0.39 is 36.1 Å². The molecule has 65 heavy (non-hydrogen) atoms. The number of esters is 2. The van der Waals surface area contributed by atoms with E-state index in [1.165, 1.54) is 141 Å². The summed E-state index contributed by atoms with van der Waals surface area (Å²) in [5.41, 5.74) is 1.89. The van der Waals surface area contributed by atoms with Crippen LogP contribution in [0.25, 0.3) is 0 Å². The van der Waals surface area contributed by atoms with Crippen LogP contribution in [0.2, 0.25) is 0 Å². The molecule has 2 aromatic rings. The summed E-state index contributed by atoms with van der Waals surface area (Å²) in [5.74, 6) is -4.01. The van der Waals surface area contributed by atoms with Crippen LogP contribution in [0.1, 0.15) is 218 Å². The van der Waals surface area contributed by atoms with Crippen LogP contribution in [0.15, 0.2) is 60.7 Å². The fraction of sp³-hybridized carbons (Fsp3) is 0.704. The molecule has 0 aliphatic rings. The molecule has 0 spiro atoms. The number of hydrogen-bond donors (Lipinski definition) is 0. The van der Waals surface area contributed by atoms with Gasteiger partial charge in [0.05, 0.1) is 25.2 Å². The summed E-state index contributed by atoms with van der Waals surface area (Å²) in [7, 11) is 0. The van der Waals surface area contributed by atoms with Gasteiger partial charge in [-0.25, -0.2) is 9.59 Å². The van der Waals surface area contributed by atoms with E-state index in [0.717, 1.165) is 36.8 Å². The van der Waals surface area contributed by atoms with Crippen LogP contribution in [0.3, 0.4) is 0 Å². The minimum Gasteiger partial charge on any atom is -0.546 e. The molecule has 2 aromatic carbocycles. The van der Waals surface area contributed by atoms with Gasteiger partial charge in [0.2, 0.25) is 0 Å². The molecule has 0 saturated heterocycles. The molecule has 10 nitrogen and oxygen atoms in total. The normalized spacial score (nSPS) is 11.7. The third-order valence-electron chi connectivity index (χ3n) is 11.4. The van der Waals surface area contributed by atoms with Gasteiger partial charge in [-0.2, -0.15) is 0 Å². The van der Waals surface area contributed by atoms with E-state index in [1.807, 2.05) is 60.7 Å². The summed E-state index contributed by atoms with van der Waals surface area (Å²) in [6, 6.07) is 18.9. The molecule has 0 heterocycles. The van der Waals surface area contributed by atoms with Crippen LogP contribution in [0, 0.1) is 0 Å². The van der Waals surface area contributed by atoms with Crippen molar-refractivity contribution >= 4 is 72.8 Å². The average molecular weight is 1030 g/mol. The molecule has 0 N–H and O–H groups in total.